The Morgan fingerprint density at radius 2 is 1.00 bits per heavy atom. The minimum Gasteiger partial charge on any atom is -0.298 e. The molecule has 0 saturated heterocycles. The van der Waals surface area contributed by atoms with Gasteiger partial charge in [-0.15, -0.1) is 0 Å². The molecule has 0 unspecified atom stereocenters. The molecule has 0 bridgehead atoms. The summed E-state index contributed by atoms with van der Waals surface area (Å²) in [4.78, 5) is 23.1. The molecule has 0 saturated carbocycles. The fourth-order valence-electron chi connectivity index (χ4n) is 2.32. The molecule has 28 heavy (non-hydrogen) atoms. The zero-order chi connectivity index (χ0) is 20.5. The summed E-state index contributed by atoms with van der Waals surface area (Å²) < 4.78 is -3.83. The van der Waals surface area contributed by atoms with Crippen molar-refractivity contribution in [3.63, 3.8) is 0 Å². The maximum absolute atomic E-state index is 10.8. The Morgan fingerprint density at radius 1 is 0.607 bits per heavy atom. The molecular formula is C18H9Cl6N3O. The summed E-state index contributed by atoms with van der Waals surface area (Å²) in [5.41, 5.74) is 3.08. The highest BCUT2D eigenvalue weighted by molar-refractivity contribution is 6.67. The van der Waals surface area contributed by atoms with E-state index in [1.807, 2.05) is 24.3 Å². The van der Waals surface area contributed by atoms with Gasteiger partial charge in [-0.2, -0.15) is 0 Å². The molecule has 4 nitrogen and oxygen atoms in total. The Kier molecular flexibility index (Phi) is 6.40. The Morgan fingerprint density at radius 3 is 1.39 bits per heavy atom. The summed E-state index contributed by atoms with van der Waals surface area (Å²) >= 11 is 35.4. The molecule has 3 rings (SSSR count). The van der Waals surface area contributed by atoms with Gasteiger partial charge in [0.15, 0.2) is 17.5 Å². The van der Waals surface area contributed by atoms with Gasteiger partial charge in [0, 0.05) is 11.1 Å². The van der Waals surface area contributed by atoms with Gasteiger partial charge in [0.05, 0.1) is 0 Å². The highest BCUT2D eigenvalue weighted by Crippen LogP contribution is 2.40. The molecule has 10 heteroatoms. The number of hydrogen-bond acceptors (Lipinski definition) is 4. The third-order valence-corrected chi connectivity index (χ3v) is 4.68. The highest BCUT2D eigenvalue weighted by atomic mass is 35.6. The fourth-order valence-corrected chi connectivity index (χ4v) is 2.83. The van der Waals surface area contributed by atoms with Crippen molar-refractivity contribution in [1.29, 1.82) is 0 Å². The first kappa shape index (κ1) is 21.6. The average Bonchev–Trinajstić information content (AvgIpc) is 2.66. The molecule has 1 heterocycles. The van der Waals surface area contributed by atoms with Crippen LogP contribution in [0.15, 0.2) is 48.5 Å². The minimum atomic E-state index is -1.91. The van der Waals surface area contributed by atoms with Crippen molar-refractivity contribution in [1.82, 2.24) is 15.0 Å². The molecule has 0 N–H and O–H groups in total. The van der Waals surface area contributed by atoms with Crippen molar-refractivity contribution < 1.29 is 4.79 Å². The first-order valence-electron chi connectivity index (χ1n) is 7.64. The van der Waals surface area contributed by atoms with Crippen molar-refractivity contribution >= 4 is 75.9 Å². The Hall–Kier alpha value is -1.14. The second-order valence-corrected chi connectivity index (χ2v) is 10.2. The first-order chi connectivity index (χ1) is 13.1. The minimum absolute atomic E-state index is 0.155. The van der Waals surface area contributed by atoms with Gasteiger partial charge < -0.3 is 0 Å². The van der Waals surface area contributed by atoms with E-state index in [0.29, 0.717) is 11.1 Å². The Bertz CT molecular complexity index is 964. The highest BCUT2D eigenvalue weighted by Gasteiger charge is 2.34. The van der Waals surface area contributed by atoms with Gasteiger partial charge in [0.25, 0.3) is 0 Å². The number of halogens is 6. The molecule has 0 atom stereocenters. The third kappa shape index (κ3) is 5.07. The predicted molar refractivity (Wildman–Crippen MR) is 115 cm³/mol. The molecule has 2 aromatic carbocycles. The van der Waals surface area contributed by atoms with Crippen LogP contribution in [-0.2, 0) is 7.59 Å². The molecule has 0 radical (unpaired) electrons. The SMILES string of the molecule is O=Cc1ccc(-c2ccc(-c3nc(C(Cl)(Cl)Cl)nc(C(Cl)(Cl)Cl)n3)cc2)cc1. The van der Waals surface area contributed by atoms with Gasteiger partial charge in [0.1, 0.15) is 6.29 Å². The van der Waals surface area contributed by atoms with E-state index in [1.165, 1.54) is 0 Å². The van der Waals surface area contributed by atoms with Crippen LogP contribution in [0.1, 0.15) is 22.0 Å². The summed E-state index contributed by atoms with van der Waals surface area (Å²) in [6.07, 6.45) is 0.790. The van der Waals surface area contributed by atoms with E-state index in [9.17, 15) is 4.79 Å². The van der Waals surface area contributed by atoms with Gasteiger partial charge >= 0.3 is 0 Å². The monoisotopic (exact) mass is 493 g/mol. The summed E-state index contributed by atoms with van der Waals surface area (Å²) in [5.74, 6) is -0.116. The predicted octanol–water partition coefficient (Wildman–Crippen LogP) is 6.67. The molecule has 1 aromatic heterocycles. The van der Waals surface area contributed by atoms with E-state index < -0.39 is 7.59 Å². The smallest absolute Gasteiger partial charge is 0.250 e. The van der Waals surface area contributed by atoms with Crippen molar-refractivity contribution in [2.75, 3.05) is 0 Å². The second kappa shape index (κ2) is 8.31. The van der Waals surface area contributed by atoms with Crippen LogP contribution >= 0.6 is 69.6 Å². The molecule has 0 aliphatic carbocycles. The van der Waals surface area contributed by atoms with Gasteiger partial charge in [-0.05, 0) is 11.1 Å². The molecular weight excluding hydrogens is 487 g/mol. The molecule has 0 fully saturated rings. The maximum atomic E-state index is 10.8. The van der Waals surface area contributed by atoms with E-state index in [2.05, 4.69) is 15.0 Å². The van der Waals surface area contributed by atoms with Crippen LogP contribution in [0.2, 0.25) is 0 Å². The van der Waals surface area contributed by atoms with Crippen LogP contribution in [0.25, 0.3) is 22.5 Å². The topological polar surface area (TPSA) is 55.7 Å². The lowest BCUT2D eigenvalue weighted by Gasteiger charge is -2.15. The van der Waals surface area contributed by atoms with E-state index in [0.717, 1.165) is 17.4 Å². The second-order valence-electron chi connectivity index (χ2n) is 5.62. The molecule has 0 aliphatic rings. The summed E-state index contributed by atoms with van der Waals surface area (Å²) in [7, 11) is 0. The lowest BCUT2D eigenvalue weighted by Crippen LogP contribution is -2.16. The van der Waals surface area contributed by atoms with E-state index in [-0.39, 0.29) is 17.5 Å². The Balaban J connectivity index is 2.02. The molecule has 0 amide bonds. The van der Waals surface area contributed by atoms with Gasteiger partial charge in [-0.1, -0.05) is 118 Å². The number of benzene rings is 2. The van der Waals surface area contributed by atoms with E-state index in [4.69, 9.17) is 69.6 Å². The van der Waals surface area contributed by atoms with Gasteiger partial charge in [0.2, 0.25) is 7.59 Å². The van der Waals surface area contributed by atoms with E-state index in [1.54, 1.807) is 24.3 Å². The number of nitrogens with zero attached hydrogens (tertiary/aromatic N) is 3. The average molecular weight is 496 g/mol. The number of aldehydes is 1. The van der Waals surface area contributed by atoms with Crippen LogP contribution in [0.3, 0.4) is 0 Å². The Labute approximate surface area is 190 Å². The summed E-state index contributed by atoms with van der Waals surface area (Å²) in [5, 5.41) is 0. The number of alkyl halides is 6. The number of carbonyl (C=O) groups excluding carboxylic acids is 1. The van der Waals surface area contributed by atoms with Crippen LogP contribution in [0.5, 0.6) is 0 Å². The van der Waals surface area contributed by atoms with E-state index >= 15 is 0 Å². The van der Waals surface area contributed by atoms with Crippen LogP contribution in [0, 0.1) is 0 Å². The van der Waals surface area contributed by atoms with Crippen molar-refractivity contribution in [2.24, 2.45) is 0 Å². The van der Waals surface area contributed by atoms with Gasteiger partial charge in [-0.25, -0.2) is 15.0 Å². The van der Waals surface area contributed by atoms with Crippen LogP contribution in [-0.4, -0.2) is 21.2 Å². The maximum Gasteiger partial charge on any atom is 0.250 e. The van der Waals surface area contributed by atoms with Crippen molar-refractivity contribution in [3.05, 3.63) is 65.7 Å². The first-order valence-corrected chi connectivity index (χ1v) is 9.91. The summed E-state index contributed by atoms with van der Waals surface area (Å²) in [6.45, 7) is 0. The van der Waals surface area contributed by atoms with Crippen LogP contribution < -0.4 is 0 Å². The van der Waals surface area contributed by atoms with Gasteiger partial charge in [-0.3, -0.25) is 4.79 Å². The number of aromatic nitrogens is 3. The normalized spacial score (nSPS) is 12.1. The van der Waals surface area contributed by atoms with Crippen LogP contribution in [0.4, 0.5) is 0 Å². The zero-order valence-electron chi connectivity index (χ0n) is 13.7. The van der Waals surface area contributed by atoms with Crippen molar-refractivity contribution in [2.45, 2.75) is 7.59 Å². The summed E-state index contributed by atoms with van der Waals surface area (Å²) in [6, 6.07) is 14.5. The molecule has 0 spiro atoms. The lowest BCUT2D eigenvalue weighted by atomic mass is 10.0. The quantitative estimate of drug-likeness (QED) is 0.300. The zero-order valence-corrected chi connectivity index (χ0v) is 18.2. The number of carbonyl (C=O) groups is 1. The number of rotatable bonds is 3. The third-order valence-electron chi connectivity index (χ3n) is 3.67. The molecule has 3 aromatic rings. The number of hydrogen-bond donors (Lipinski definition) is 0. The molecule has 144 valence electrons. The largest absolute Gasteiger partial charge is 0.298 e. The lowest BCUT2D eigenvalue weighted by molar-refractivity contribution is 0.112. The van der Waals surface area contributed by atoms with Crippen molar-refractivity contribution in [3.8, 4) is 22.5 Å². The molecule has 0 aliphatic heterocycles. The standard InChI is InChI=1S/C18H9Cl6N3O/c19-17(20,21)15-25-14(26-16(27-15)18(22,23)24)13-7-5-12(6-8-13)11-3-1-10(9-28)2-4-11/h1-9H. The fraction of sp³-hybridized carbons (Fsp3) is 0.111.